The van der Waals surface area contributed by atoms with Crippen LogP contribution >= 0.6 is 27.7 Å². The predicted molar refractivity (Wildman–Crippen MR) is 102 cm³/mol. The molecule has 5 heteroatoms. The van der Waals surface area contributed by atoms with E-state index in [1.165, 1.54) is 0 Å². The Kier molecular flexibility index (Phi) is 6.43. The Balaban J connectivity index is 2.22. The number of hydrogen-bond acceptors (Lipinski definition) is 4. The molecule has 134 valence electrons. The van der Waals surface area contributed by atoms with Crippen molar-refractivity contribution in [3.8, 4) is 0 Å². The van der Waals surface area contributed by atoms with Crippen LogP contribution < -0.4 is 0 Å². The summed E-state index contributed by atoms with van der Waals surface area (Å²) in [6.45, 7) is 12.3. The first-order valence-corrected chi connectivity index (χ1v) is 10.1. The van der Waals surface area contributed by atoms with Crippen LogP contribution in [0.1, 0.15) is 41.5 Å². The number of cyclic esters (lactones) is 1. The first kappa shape index (κ1) is 19.8. The Morgan fingerprint density at radius 2 is 1.83 bits per heavy atom. The van der Waals surface area contributed by atoms with Gasteiger partial charge in [-0.15, -0.1) is 11.8 Å². The molecule has 0 unspecified atom stereocenters. The SMILES string of the molecule is CC(C)[C@@H](Sc1ccccc1Br)[C@H]1C(=O)O[C@H](C(C)(C)C)O[C@@H]1C. The first-order chi connectivity index (χ1) is 11.1. The molecule has 4 atom stereocenters. The molecule has 0 aromatic heterocycles. The molecule has 1 aliphatic heterocycles. The molecule has 24 heavy (non-hydrogen) atoms. The van der Waals surface area contributed by atoms with E-state index in [0.717, 1.165) is 9.37 Å². The lowest BCUT2D eigenvalue weighted by Crippen LogP contribution is -2.51. The Morgan fingerprint density at radius 3 is 2.33 bits per heavy atom. The second-order valence-electron chi connectivity index (χ2n) is 7.76. The minimum atomic E-state index is -0.488. The van der Waals surface area contributed by atoms with Gasteiger partial charge in [0.2, 0.25) is 6.29 Å². The van der Waals surface area contributed by atoms with Crippen molar-refractivity contribution in [1.29, 1.82) is 0 Å². The summed E-state index contributed by atoms with van der Waals surface area (Å²) in [7, 11) is 0. The van der Waals surface area contributed by atoms with E-state index in [0.29, 0.717) is 5.92 Å². The molecule has 0 saturated carbocycles. The van der Waals surface area contributed by atoms with Gasteiger partial charge < -0.3 is 9.47 Å². The van der Waals surface area contributed by atoms with Gasteiger partial charge in [-0.1, -0.05) is 46.8 Å². The monoisotopic (exact) mass is 414 g/mol. The van der Waals surface area contributed by atoms with Gasteiger partial charge in [0.25, 0.3) is 0 Å². The van der Waals surface area contributed by atoms with Gasteiger partial charge in [-0.25, -0.2) is 0 Å². The molecular weight excluding hydrogens is 388 g/mol. The second-order valence-corrected chi connectivity index (χ2v) is 9.83. The minimum absolute atomic E-state index is 0.0899. The number of thioether (sulfide) groups is 1. The van der Waals surface area contributed by atoms with Gasteiger partial charge >= 0.3 is 5.97 Å². The Hall–Kier alpha value is -0.520. The maximum Gasteiger partial charge on any atom is 0.315 e. The molecule has 0 bridgehead atoms. The summed E-state index contributed by atoms with van der Waals surface area (Å²) in [5, 5.41) is 0.0899. The topological polar surface area (TPSA) is 35.5 Å². The van der Waals surface area contributed by atoms with Crippen LogP contribution in [0.5, 0.6) is 0 Å². The van der Waals surface area contributed by atoms with E-state index >= 15 is 0 Å². The zero-order valence-electron chi connectivity index (χ0n) is 15.2. The van der Waals surface area contributed by atoms with Crippen molar-refractivity contribution in [2.45, 2.75) is 64.1 Å². The lowest BCUT2D eigenvalue weighted by atomic mass is 9.89. The Labute approximate surface area is 158 Å². The van der Waals surface area contributed by atoms with E-state index in [2.05, 4.69) is 35.8 Å². The molecule has 1 fully saturated rings. The second kappa shape index (κ2) is 7.79. The van der Waals surface area contributed by atoms with Crippen molar-refractivity contribution < 1.29 is 14.3 Å². The minimum Gasteiger partial charge on any atom is -0.435 e. The quantitative estimate of drug-likeness (QED) is 0.480. The van der Waals surface area contributed by atoms with Crippen molar-refractivity contribution in [1.82, 2.24) is 0 Å². The van der Waals surface area contributed by atoms with Crippen LogP contribution in [-0.2, 0) is 14.3 Å². The van der Waals surface area contributed by atoms with Crippen LogP contribution in [0.2, 0.25) is 0 Å². The molecule has 1 saturated heterocycles. The fraction of sp³-hybridized carbons (Fsp3) is 0.632. The average Bonchev–Trinajstić information content (AvgIpc) is 2.46. The largest absolute Gasteiger partial charge is 0.435 e. The molecule has 0 aliphatic carbocycles. The highest BCUT2D eigenvalue weighted by Crippen LogP contribution is 2.42. The third kappa shape index (κ3) is 4.55. The van der Waals surface area contributed by atoms with Gasteiger partial charge in [-0.2, -0.15) is 0 Å². The van der Waals surface area contributed by atoms with Crippen LogP contribution in [0.25, 0.3) is 0 Å². The van der Waals surface area contributed by atoms with E-state index in [9.17, 15) is 4.79 Å². The fourth-order valence-corrected chi connectivity index (χ4v) is 4.72. The predicted octanol–water partition coefficient (Wildman–Crippen LogP) is 5.52. The number of ether oxygens (including phenoxy) is 2. The fourth-order valence-electron chi connectivity index (χ4n) is 2.78. The molecule has 0 radical (unpaired) electrons. The molecular formula is C19H27BrO3S. The third-order valence-electron chi connectivity index (χ3n) is 4.16. The van der Waals surface area contributed by atoms with E-state index in [4.69, 9.17) is 9.47 Å². The van der Waals surface area contributed by atoms with Gasteiger partial charge in [-0.3, -0.25) is 4.79 Å². The van der Waals surface area contributed by atoms with Crippen molar-refractivity contribution in [3.63, 3.8) is 0 Å². The van der Waals surface area contributed by atoms with Gasteiger partial charge in [0.15, 0.2) is 0 Å². The van der Waals surface area contributed by atoms with E-state index in [1.807, 2.05) is 45.9 Å². The number of hydrogen-bond donors (Lipinski definition) is 0. The standard InChI is InChI=1S/C19H27BrO3S/c1-11(2)16(24-14-10-8-7-9-13(14)20)15-12(3)22-18(19(4,5)6)23-17(15)21/h7-12,15-16,18H,1-6H3/t12-,15+,16-,18-/m1/s1. The summed E-state index contributed by atoms with van der Waals surface area (Å²) in [5.41, 5.74) is -0.224. The smallest absolute Gasteiger partial charge is 0.315 e. The number of rotatable bonds is 4. The van der Waals surface area contributed by atoms with Crippen molar-refractivity contribution >= 4 is 33.7 Å². The summed E-state index contributed by atoms with van der Waals surface area (Å²) < 4.78 is 12.8. The summed E-state index contributed by atoms with van der Waals surface area (Å²) in [5.74, 6) is -0.107. The summed E-state index contributed by atoms with van der Waals surface area (Å²) >= 11 is 5.31. The summed E-state index contributed by atoms with van der Waals surface area (Å²) in [6, 6.07) is 8.10. The Bertz CT molecular complexity index is 582. The lowest BCUT2D eigenvalue weighted by Gasteiger charge is -2.42. The van der Waals surface area contributed by atoms with Gasteiger partial charge in [-0.05, 0) is 40.9 Å². The first-order valence-electron chi connectivity index (χ1n) is 8.38. The molecule has 1 aliphatic rings. The van der Waals surface area contributed by atoms with Crippen LogP contribution in [0.3, 0.4) is 0 Å². The molecule has 2 rings (SSSR count). The van der Waals surface area contributed by atoms with Crippen LogP contribution in [-0.4, -0.2) is 23.6 Å². The summed E-state index contributed by atoms with van der Waals surface area (Å²) in [6.07, 6.45) is -0.657. The number of benzene rings is 1. The van der Waals surface area contributed by atoms with Crippen LogP contribution in [0, 0.1) is 17.3 Å². The van der Waals surface area contributed by atoms with Crippen molar-refractivity contribution in [2.75, 3.05) is 0 Å². The number of carbonyl (C=O) groups is 1. The van der Waals surface area contributed by atoms with E-state index < -0.39 is 6.29 Å². The third-order valence-corrected chi connectivity index (χ3v) is 6.83. The lowest BCUT2D eigenvalue weighted by molar-refractivity contribution is -0.254. The molecule has 0 N–H and O–H groups in total. The van der Waals surface area contributed by atoms with Gasteiger partial charge in [0.05, 0.1) is 12.0 Å². The maximum absolute atomic E-state index is 12.8. The molecule has 1 aromatic carbocycles. The number of halogens is 1. The van der Waals surface area contributed by atoms with E-state index in [-0.39, 0.29) is 28.7 Å². The normalized spacial score (nSPS) is 26.3. The molecule has 1 aromatic rings. The van der Waals surface area contributed by atoms with Gasteiger partial charge in [0.1, 0.15) is 0 Å². The molecule has 1 heterocycles. The van der Waals surface area contributed by atoms with Crippen LogP contribution in [0.4, 0.5) is 0 Å². The van der Waals surface area contributed by atoms with Crippen LogP contribution in [0.15, 0.2) is 33.6 Å². The summed E-state index contributed by atoms with van der Waals surface area (Å²) in [4.78, 5) is 13.9. The van der Waals surface area contributed by atoms with Gasteiger partial charge in [0, 0.05) is 20.0 Å². The van der Waals surface area contributed by atoms with Crippen molar-refractivity contribution in [2.24, 2.45) is 17.3 Å². The number of carbonyl (C=O) groups excluding carboxylic acids is 1. The number of esters is 1. The molecule has 0 amide bonds. The van der Waals surface area contributed by atoms with E-state index in [1.54, 1.807) is 11.8 Å². The maximum atomic E-state index is 12.8. The molecule has 3 nitrogen and oxygen atoms in total. The molecule has 0 spiro atoms. The zero-order valence-corrected chi connectivity index (χ0v) is 17.6. The highest BCUT2D eigenvalue weighted by atomic mass is 79.9. The van der Waals surface area contributed by atoms with Crippen molar-refractivity contribution in [3.05, 3.63) is 28.7 Å². The Morgan fingerprint density at radius 1 is 1.21 bits per heavy atom. The highest BCUT2D eigenvalue weighted by molar-refractivity contribution is 9.10. The zero-order chi connectivity index (χ0) is 18.1. The average molecular weight is 415 g/mol. The highest BCUT2D eigenvalue weighted by Gasteiger charge is 2.46.